The lowest BCUT2D eigenvalue weighted by Gasteiger charge is -2.55. The number of rotatable bonds is 7. The number of carboxylic acids is 1. The second-order valence-electron chi connectivity index (χ2n) is 6.47. The van der Waals surface area contributed by atoms with Crippen molar-refractivity contribution in [3.05, 3.63) is 33.7 Å². The third kappa shape index (κ3) is 4.37. The molecule has 1 saturated heterocycles. The second-order valence-corrected chi connectivity index (χ2v) is 8.57. The molecular formula is C18H18N2O9S2. The van der Waals surface area contributed by atoms with E-state index in [0.29, 0.717) is 0 Å². The number of methoxy groups -OCH3 is 1. The van der Waals surface area contributed by atoms with Gasteiger partial charge >= 0.3 is 18.1 Å². The highest BCUT2D eigenvalue weighted by Crippen LogP contribution is 2.47. The molecule has 2 amide bonds. The predicted octanol–water partition coefficient (Wildman–Crippen LogP) is 0.703. The van der Waals surface area contributed by atoms with Crippen LogP contribution >= 0.6 is 23.1 Å². The van der Waals surface area contributed by atoms with Gasteiger partial charge in [0, 0.05) is 23.1 Å². The van der Waals surface area contributed by atoms with Crippen molar-refractivity contribution < 1.29 is 43.3 Å². The monoisotopic (exact) mass is 470 g/mol. The first-order valence-electron chi connectivity index (χ1n) is 8.84. The van der Waals surface area contributed by atoms with E-state index < -0.39 is 41.0 Å². The Labute approximate surface area is 184 Å². The van der Waals surface area contributed by atoms with Crippen LogP contribution in [0.2, 0.25) is 0 Å². The number of hydrogen-bond acceptors (Lipinski definition) is 10. The van der Waals surface area contributed by atoms with Crippen molar-refractivity contribution in [3.8, 4) is 0 Å². The number of nitrogens with one attached hydrogen (secondary N) is 1. The first-order chi connectivity index (χ1) is 14.7. The molecule has 0 aliphatic carbocycles. The molecule has 2 N–H and O–H groups in total. The van der Waals surface area contributed by atoms with Crippen LogP contribution in [0.3, 0.4) is 0 Å². The van der Waals surface area contributed by atoms with Gasteiger partial charge in [0.25, 0.3) is 11.6 Å². The van der Waals surface area contributed by atoms with Crippen LogP contribution in [0.4, 0.5) is 4.79 Å². The normalized spacial score (nSPS) is 22.2. The number of hydrogen-bond donors (Lipinski definition) is 2. The van der Waals surface area contributed by atoms with E-state index in [1.807, 2.05) is 0 Å². The van der Waals surface area contributed by atoms with Crippen LogP contribution in [0.25, 0.3) is 0 Å². The van der Waals surface area contributed by atoms with Crippen LogP contribution in [0.5, 0.6) is 0 Å². The number of fused-ring (bicyclic) bond motifs is 1. The lowest BCUT2D eigenvalue weighted by molar-refractivity contribution is -0.189. The number of ether oxygens (including phenoxy) is 3. The summed E-state index contributed by atoms with van der Waals surface area (Å²) in [6.07, 6.45) is -1.27. The molecule has 1 fully saturated rings. The second kappa shape index (κ2) is 8.98. The van der Waals surface area contributed by atoms with Crippen molar-refractivity contribution >= 4 is 53.0 Å². The summed E-state index contributed by atoms with van der Waals surface area (Å²) in [5.74, 6) is -3.50. The first-order valence-corrected chi connectivity index (χ1v) is 10.8. The molecule has 31 heavy (non-hydrogen) atoms. The number of carbonyl (C=O) groups is 5. The molecule has 0 bridgehead atoms. The number of carbonyl (C=O) groups excluding carboxylic acids is 4. The standard InChI is InChI=1S/C18H18N2O9S2/c1-9(21)28-7-10-8-31-16-18(29-17(26)27-2,15(25)20(16)13(10)14(23)24)19-12(22)6-11-4-3-5-30-11/h3-5,16H,6-8H2,1-2H3,(H,19,22)(H,23,24)/t16-,18?/m1/s1. The van der Waals surface area contributed by atoms with E-state index in [1.165, 1.54) is 18.3 Å². The summed E-state index contributed by atoms with van der Waals surface area (Å²) in [7, 11) is 1.04. The van der Waals surface area contributed by atoms with E-state index in [2.05, 4.69) is 10.1 Å². The van der Waals surface area contributed by atoms with Gasteiger partial charge in [-0.1, -0.05) is 6.07 Å². The summed E-state index contributed by atoms with van der Waals surface area (Å²) in [4.78, 5) is 62.0. The van der Waals surface area contributed by atoms with Gasteiger partial charge < -0.3 is 24.6 Å². The SMILES string of the molecule is COC(=O)OC1(NC(=O)Cc2cccs2)C(=O)N2C(C(=O)O)=C(COC(C)=O)CS[C@@H]21. The zero-order valence-electron chi connectivity index (χ0n) is 16.4. The third-order valence-corrected chi connectivity index (χ3v) is 6.66. The predicted molar refractivity (Wildman–Crippen MR) is 107 cm³/mol. The van der Waals surface area contributed by atoms with Gasteiger partial charge in [0.1, 0.15) is 12.3 Å². The molecule has 3 rings (SSSR count). The minimum atomic E-state index is -2.13. The van der Waals surface area contributed by atoms with Crippen molar-refractivity contribution in [3.63, 3.8) is 0 Å². The fourth-order valence-corrected chi connectivity index (χ4v) is 5.19. The highest BCUT2D eigenvalue weighted by atomic mass is 32.2. The summed E-state index contributed by atoms with van der Waals surface area (Å²) in [6, 6.07) is 3.49. The van der Waals surface area contributed by atoms with Crippen LogP contribution in [-0.4, -0.2) is 70.5 Å². The Bertz CT molecular complexity index is 959. The summed E-state index contributed by atoms with van der Waals surface area (Å²) in [5, 5.41) is 12.8. The lowest BCUT2D eigenvalue weighted by atomic mass is 9.98. The molecule has 3 heterocycles. The summed E-state index contributed by atoms with van der Waals surface area (Å²) in [6.45, 7) is 0.864. The van der Waals surface area contributed by atoms with Gasteiger partial charge in [-0.05, 0) is 11.4 Å². The van der Waals surface area contributed by atoms with Gasteiger partial charge in [-0.15, -0.1) is 23.1 Å². The molecule has 1 aromatic heterocycles. The lowest BCUT2D eigenvalue weighted by Crippen LogP contribution is -2.81. The van der Waals surface area contributed by atoms with Crippen LogP contribution in [0.1, 0.15) is 11.8 Å². The fourth-order valence-electron chi connectivity index (χ4n) is 3.12. The zero-order chi connectivity index (χ0) is 22.8. The average molecular weight is 470 g/mol. The molecule has 0 spiro atoms. The van der Waals surface area contributed by atoms with Crippen molar-refractivity contribution in [2.45, 2.75) is 24.4 Å². The first kappa shape index (κ1) is 22.6. The topological polar surface area (TPSA) is 149 Å². The Morgan fingerprint density at radius 1 is 1.35 bits per heavy atom. The molecular weight excluding hydrogens is 452 g/mol. The molecule has 2 atom stereocenters. The summed E-state index contributed by atoms with van der Waals surface area (Å²) in [5.41, 5.74) is -2.31. The van der Waals surface area contributed by atoms with Crippen molar-refractivity contribution in [2.24, 2.45) is 0 Å². The number of nitrogens with zero attached hydrogens (tertiary/aromatic N) is 1. The maximum absolute atomic E-state index is 13.1. The molecule has 0 aromatic carbocycles. The van der Waals surface area contributed by atoms with E-state index in [1.54, 1.807) is 17.5 Å². The number of β-lactam (4-membered cyclic amide) rings is 1. The number of carboxylic acid groups (broad SMARTS) is 1. The number of aliphatic carboxylic acids is 1. The van der Waals surface area contributed by atoms with E-state index in [-0.39, 0.29) is 30.1 Å². The average Bonchev–Trinajstić information content (AvgIpc) is 3.23. The Hall–Kier alpha value is -3.06. The number of amides is 2. The minimum absolute atomic E-state index is 0.0616. The number of esters is 1. The van der Waals surface area contributed by atoms with Gasteiger partial charge in [-0.3, -0.25) is 19.3 Å². The molecule has 2 aliphatic rings. The molecule has 1 unspecified atom stereocenters. The van der Waals surface area contributed by atoms with Crippen LogP contribution < -0.4 is 5.32 Å². The van der Waals surface area contributed by atoms with Crippen LogP contribution in [0.15, 0.2) is 28.8 Å². The molecule has 166 valence electrons. The Balaban J connectivity index is 1.89. The Morgan fingerprint density at radius 3 is 2.68 bits per heavy atom. The fraction of sp³-hybridized carbons (Fsp3) is 0.389. The van der Waals surface area contributed by atoms with E-state index in [9.17, 15) is 29.1 Å². The van der Waals surface area contributed by atoms with Crippen LogP contribution in [0, 0.1) is 0 Å². The van der Waals surface area contributed by atoms with E-state index >= 15 is 0 Å². The minimum Gasteiger partial charge on any atom is -0.477 e. The Kier molecular flexibility index (Phi) is 6.55. The molecule has 0 saturated carbocycles. The van der Waals surface area contributed by atoms with Gasteiger partial charge in [0.15, 0.2) is 5.37 Å². The maximum atomic E-state index is 13.1. The largest absolute Gasteiger partial charge is 0.510 e. The van der Waals surface area contributed by atoms with Gasteiger partial charge in [0.2, 0.25) is 5.91 Å². The number of thiophene rings is 1. The molecule has 13 heteroatoms. The Morgan fingerprint density at radius 2 is 2.10 bits per heavy atom. The summed E-state index contributed by atoms with van der Waals surface area (Å²) < 4.78 is 14.5. The third-order valence-electron chi connectivity index (χ3n) is 4.41. The van der Waals surface area contributed by atoms with Crippen LogP contribution in [-0.2, 0) is 39.8 Å². The smallest absolute Gasteiger partial charge is 0.477 e. The zero-order valence-corrected chi connectivity index (χ0v) is 18.0. The maximum Gasteiger partial charge on any atom is 0.510 e. The van der Waals surface area contributed by atoms with Crippen molar-refractivity contribution in [1.29, 1.82) is 0 Å². The molecule has 11 nitrogen and oxygen atoms in total. The molecule has 1 aromatic rings. The van der Waals surface area contributed by atoms with Crippen molar-refractivity contribution in [2.75, 3.05) is 19.5 Å². The van der Waals surface area contributed by atoms with E-state index in [0.717, 1.165) is 28.6 Å². The van der Waals surface area contributed by atoms with Crippen molar-refractivity contribution in [1.82, 2.24) is 10.2 Å². The highest BCUT2D eigenvalue weighted by molar-refractivity contribution is 8.00. The summed E-state index contributed by atoms with van der Waals surface area (Å²) >= 11 is 2.39. The van der Waals surface area contributed by atoms with Gasteiger partial charge in [-0.2, -0.15) is 0 Å². The molecule has 0 radical (unpaired) electrons. The van der Waals surface area contributed by atoms with Gasteiger partial charge in [0.05, 0.1) is 13.5 Å². The molecule has 2 aliphatic heterocycles. The van der Waals surface area contributed by atoms with E-state index in [4.69, 9.17) is 9.47 Å². The highest BCUT2D eigenvalue weighted by Gasteiger charge is 2.69. The quantitative estimate of drug-likeness (QED) is 0.331. The van der Waals surface area contributed by atoms with Gasteiger partial charge in [-0.25, -0.2) is 9.59 Å². The number of thioether (sulfide) groups is 1.